The van der Waals surface area contributed by atoms with Crippen LogP contribution < -0.4 is 10.6 Å². The maximum atomic E-state index is 11.6. The van der Waals surface area contributed by atoms with Crippen molar-refractivity contribution in [1.82, 2.24) is 10.6 Å². The number of esters is 1. The fourth-order valence-electron chi connectivity index (χ4n) is 1.75. The summed E-state index contributed by atoms with van der Waals surface area (Å²) in [6, 6.07) is 0. The molecule has 0 aromatic rings. The average Bonchev–Trinajstić information content (AvgIpc) is 2.30. The van der Waals surface area contributed by atoms with E-state index in [1.54, 1.807) is 6.92 Å². The van der Waals surface area contributed by atoms with E-state index in [1.165, 1.54) is 0 Å². The van der Waals surface area contributed by atoms with Gasteiger partial charge in [0.2, 0.25) is 5.91 Å². The summed E-state index contributed by atoms with van der Waals surface area (Å²) in [6.07, 6.45) is 2.01. The lowest BCUT2D eigenvalue weighted by Gasteiger charge is -2.21. The Hall–Kier alpha value is -0.810. The second-order valence-electron chi connectivity index (χ2n) is 3.87. The smallest absolute Gasteiger partial charge is 0.307 e. The molecule has 6 heteroatoms. The van der Waals surface area contributed by atoms with E-state index in [4.69, 9.17) is 4.74 Å². The molecule has 1 fully saturated rings. The second kappa shape index (κ2) is 9.24. The van der Waals surface area contributed by atoms with Crippen molar-refractivity contribution in [2.45, 2.75) is 26.2 Å². The average molecular weight is 265 g/mol. The summed E-state index contributed by atoms with van der Waals surface area (Å²) in [5.41, 5.74) is 0. The highest BCUT2D eigenvalue weighted by molar-refractivity contribution is 5.85. The lowest BCUT2D eigenvalue weighted by Crippen LogP contribution is -2.38. The van der Waals surface area contributed by atoms with Gasteiger partial charge in [0.15, 0.2) is 0 Å². The summed E-state index contributed by atoms with van der Waals surface area (Å²) in [5, 5.41) is 5.98. The Balaban J connectivity index is 0.00000256. The van der Waals surface area contributed by atoms with E-state index in [9.17, 15) is 9.59 Å². The minimum absolute atomic E-state index is 0. The van der Waals surface area contributed by atoms with Crippen LogP contribution >= 0.6 is 12.4 Å². The molecule has 0 unspecified atom stereocenters. The number of hydrogen-bond donors (Lipinski definition) is 2. The summed E-state index contributed by atoms with van der Waals surface area (Å²) in [6.45, 7) is 4.33. The van der Waals surface area contributed by atoms with E-state index in [1.807, 2.05) is 0 Å². The molecular weight excluding hydrogens is 244 g/mol. The zero-order valence-electron chi connectivity index (χ0n) is 10.2. The Kier molecular flexibility index (Phi) is 8.80. The number of carbonyl (C=O) groups is 2. The van der Waals surface area contributed by atoms with Gasteiger partial charge in [-0.1, -0.05) is 0 Å². The molecule has 0 bridgehead atoms. The first kappa shape index (κ1) is 16.2. The quantitative estimate of drug-likeness (QED) is 0.709. The molecule has 0 spiro atoms. The van der Waals surface area contributed by atoms with Crippen LogP contribution in [0.3, 0.4) is 0 Å². The molecule has 1 aliphatic heterocycles. The van der Waals surface area contributed by atoms with E-state index in [0.29, 0.717) is 13.2 Å². The molecular formula is C11H21ClN2O3. The number of piperidine rings is 1. The fourth-order valence-corrected chi connectivity index (χ4v) is 1.75. The Morgan fingerprint density at radius 2 is 2.00 bits per heavy atom. The Bertz CT molecular complexity index is 243. The third-order valence-electron chi connectivity index (χ3n) is 2.64. The highest BCUT2D eigenvalue weighted by Crippen LogP contribution is 2.11. The molecule has 1 aliphatic rings. The van der Waals surface area contributed by atoms with Gasteiger partial charge in [-0.2, -0.15) is 0 Å². The van der Waals surface area contributed by atoms with Gasteiger partial charge in [0.25, 0.3) is 0 Å². The summed E-state index contributed by atoms with van der Waals surface area (Å²) in [7, 11) is 0. The molecule has 0 aromatic carbocycles. The number of ether oxygens (including phenoxy) is 1. The molecule has 1 heterocycles. The van der Waals surface area contributed by atoms with Gasteiger partial charge in [-0.05, 0) is 32.9 Å². The molecule has 0 saturated carbocycles. The van der Waals surface area contributed by atoms with Gasteiger partial charge in [0.1, 0.15) is 0 Å². The SMILES string of the molecule is CCOC(=O)CCNC(=O)C1CCNCC1.Cl. The van der Waals surface area contributed by atoms with E-state index < -0.39 is 0 Å². The standard InChI is InChI=1S/C11H20N2O3.ClH/c1-2-16-10(14)5-8-13-11(15)9-3-6-12-7-4-9;/h9,12H,2-8H2,1H3,(H,13,15);1H. The first-order valence-corrected chi connectivity index (χ1v) is 5.88. The molecule has 100 valence electrons. The number of hydrogen-bond acceptors (Lipinski definition) is 4. The summed E-state index contributed by atoms with van der Waals surface area (Å²) < 4.78 is 4.77. The van der Waals surface area contributed by atoms with Crippen LogP contribution in [0.15, 0.2) is 0 Å². The number of rotatable bonds is 5. The molecule has 5 nitrogen and oxygen atoms in total. The minimum Gasteiger partial charge on any atom is -0.466 e. The summed E-state index contributed by atoms with van der Waals surface area (Å²) in [5.74, 6) is -0.0950. The number of carbonyl (C=O) groups excluding carboxylic acids is 2. The van der Waals surface area contributed by atoms with Crippen molar-refractivity contribution in [3.63, 3.8) is 0 Å². The van der Waals surface area contributed by atoms with E-state index in [-0.39, 0.29) is 36.6 Å². The third-order valence-corrected chi connectivity index (χ3v) is 2.64. The summed E-state index contributed by atoms with van der Waals surface area (Å²) in [4.78, 5) is 22.7. The molecule has 0 aromatic heterocycles. The lowest BCUT2D eigenvalue weighted by molar-refractivity contribution is -0.143. The second-order valence-corrected chi connectivity index (χ2v) is 3.87. The van der Waals surface area contributed by atoms with Crippen molar-refractivity contribution < 1.29 is 14.3 Å². The van der Waals surface area contributed by atoms with E-state index in [0.717, 1.165) is 25.9 Å². The van der Waals surface area contributed by atoms with Crippen LogP contribution in [0.1, 0.15) is 26.2 Å². The van der Waals surface area contributed by atoms with E-state index >= 15 is 0 Å². The van der Waals surface area contributed by atoms with Gasteiger partial charge in [-0.25, -0.2) is 0 Å². The lowest BCUT2D eigenvalue weighted by atomic mass is 9.97. The zero-order valence-corrected chi connectivity index (χ0v) is 11.0. The Morgan fingerprint density at radius 1 is 1.35 bits per heavy atom. The van der Waals surface area contributed by atoms with Gasteiger partial charge in [0, 0.05) is 12.5 Å². The normalized spacial score (nSPS) is 15.8. The van der Waals surface area contributed by atoms with Crippen molar-refractivity contribution in [1.29, 1.82) is 0 Å². The first-order valence-electron chi connectivity index (χ1n) is 5.88. The van der Waals surface area contributed by atoms with Gasteiger partial charge >= 0.3 is 5.97 Å². The van der Waals surface area contributed by atoms with Crippen LogP contribution in [-0.2, 0) is 14.3 Å². The van der Waals surface area contributed by atoms with Crippen molar-refractivity contribution in [3.05, 3.63) is 0 Å². The number of nitrogens with one attached hydrogen (secondary N) is 2. The number of amides is 1. The maximum absolute atomic E-state index is 11.6. The third kappa shape index (κ3) is 6.48. The van der Waals surface area contributed by atoms with Crippen LogP contribution in [-0.4, -0.2) is 38.1 Å². The minimum atomic E-state index is -0.256. The van der Waals surface area contributed by atoms with Gasteiger partial charge in [-0.15, -0.1) is 12.4 Å². The fraction of sp³-hybridized carbons (Fsp3) is 0.818. The molecule has 0 atom stereocenters. The highest BCUT2D eigenvalue weighted by Gasteiger charge is 2.20. The predicted molar refractivity (Wildman–Crippen MR) is 67.1 cm³/mol. The van der Waals surface area contributed by atoms with Gasteiger partial charge < -0.3 is 15.4 Å². The molecule has 1 rings (SSSR count). The monoisotopic (exact) mass is 264 g/mol. The first-order chi connectivity index (χ1) is 7.74. The highest BCUT2D eigenvalue weighted by atomic mass is 35.5. The van der Waals surface area contributed by atoms with Crippen LogP contribution in [0.2, 0.25) is 0 Å². The van der Waals surface area contributed by atoms with Gasteiger partial charge in [0.05, 0.1) is 13.0 Å². The maximum Gasteiger partial charge on any atom is 0.307 e. The van der Waals surface area contributed by atoms with Crippen molar-refractivity contribution >= 4 is 24.3 Å². The molecule has 17 heavy (non-hydrogen) atoms. The number of halogens is 1. The van der Waals surface area contributed by atoms with Crippen LogP contribution in [0.5, 0.6) is 0 Å². The molecule has 0 aliphatic carbocycles. The van der Waals surface area contributed by atoms with Crippen LogP contribution in [0, 0.1) is 5.92 Å². The Morgan fingerprint density at radius 3 is 2.59 bits per heavy atom. The van der Waals surface area contributed by atoms with Crippen molar-refractivity contribution in [2.24, 2.45) is 5.92 Å². The summed E-state index contributed by atoms with van der Waals surface area (Å²) >= 11 is 0. The van der Waals surface area contributed by atoms with Crippen LogP contribution in [0.25, 0.3) is 0 Å². The molecule has 1 amide bonds. The zero-order chi connectivity index (χ0) is 11.8. The van der Waals surface area contributed by atoms with Gasteiger partial charge in [-0.3, -0.25) is 9.59 Å². The molecule has 1 saturated heterocycles. The predicted octanol–water partition coefficient (Wildman–Crippen LogP) is 0.477. The van der Waals surface area contributed by atoms with Crippen LogP contribution in [0.4, 0.5) is 0 Å². The van der Waals surface area contributed by atoms with E-state index in [2.05, 4.69) is 10.6 Å². The Labute approximate surface area is 108 Å². The van der Waals surface area contributed by atoms with Crippen molar-refractivity contribution in [3.8, 4) is 0 Å². The van der Waals surface area contributed by atoms with Crippen molar-refractivity contribution in [2.75, 3.05) is 26.2 Å². The molecule has 0 radical (unpaired) electrons. The topological polar surface area (TPSA) is 67.4 Å². The largest absolute Gasteiger partial charge is 0.466 e. The molecule has 2 N–H and O–H groups in total.